The van der Waals surface area contributed by atoms with Gasteiger partial charge in [-0.25, -0.2) is 0 Å². The summed E-state index contributed by atoms with van der Waals surface area (Å²) in [5.74, 6) is 1.08. The molecule has 0 unspecified atom stereocenters. The van der Waals surface area contributed by atoms with Crippen molar-refractivity contribution in [3.05, 3.63) is 28.3 Å². The second-order valence-corrected chi connectivity index (χ2v) is 4.51. The number of hydrogen-bond acceptors (Lipinski definition) is 1. The fourth-order valence-electron chi connectivity index (χ4n) is 2.49. The number of fused-ring (bicyclic) bond motifs is 1. The first-order chi connectivity index (χ1) is 6.61. The van der Waals surface area contributed by atoms with Crippen LogP contribution in [0.5, 0.6) is 5.75 Å². The molecule has 1 nitrogen and oxygen atoms in total. The number of benzene rings is 1. The highest BCUT2D eigenvalue weighted by Gasteiger charge is 2.20. The van der Waals surface area contributed by atoms with Gasteiger partial charge in [-0.1, -0.05) is 6.92 Å². The van der Waals surface area contributed by atoms with Crippen LogP contribution in [0.3, 0.4) is 0 Å². The molecule has 0 heterocycles. The fourth-order valence-corrected chi connectivity index (χ4v) is 2.49. The summed E-state index contributed by atoms with van der Waals surface area (Å²) in [6.45, 7) is 6.39. The molecule has 0 aliphatic heterocycles. The van der Waals surface area contributed by atoms with Gasteiger partial charge in [0.05, 0.1) is 0 Å². The number of aromatic hydroxyl groups is 1. The summed E-state index contributed by atoms with van der Waals surface area (Å²) >= 11 is 0. The highest BCUT2D eigenvalue weighted by Crippen LogP contribution is 2.37. The van der Waals surface area contributed by atoms with E-state index in [1.54, 1.807) is 0 Å². The van der Waals surface area contributed by atoms with Crippen LogP contribution in [0.2, 0.25) is 0 Å². The van der Waals surface area contributed by atoms with Gasteiger partial charge in [0.25, 0.3) is 0 Å². The lowest BCUT2D eigenvalue weighted by Gasteiger charge is -2.25. The van der Waals surface area contributed by atoms with Crippen molar-refractivity contribution in [2.45, 2.75) is 46.0 Å². The van der Waals surface area contributed by atoms with Crippen molar-refractivity contribution >= 4 is 0 Å². The van der Waals surface area contributed by atoms with Gasteiger partial charge in [-0.3, -0.25) is 0 Å². The van der Waals surface area contributed by atoms with E-state index < -0.39 is 0 Å². The van der Waals surface area contributed by atoms with Gasteiger partial charge in [0, 0.05) is 0 Å². The predicted octanol–water partition coefficient (Wildman–Crippen LogP) is 3.45. The monoisotopic (exact) mass is 190 g/mol. The lowest BCUT2D eigenvalue weighted by atomic mass is 9.80. The number of phenols is 1. The number of phenolic OH excluding ortho intramolecular Hbond substituents is 1. The molecule has 1 atom stereocenters. The molecule has 1 N–H and O–H groups in total. The Labute approximate surface area is 85.8 Å². The van der Waals surface area contributed by atoms with Gasteiger partial charge in [-0.15, -0.1) is 0 Å². The molecule has 1 aliphatic rings. The Morgan fingerprint density at radius 2 is 2.00 bits per heavy atom. The maximum absolute atomic E-state index is 9.77. The summed E-state index contributed by atoms with van der Waals surface area (Å²) in [5, 5.41) is 9.77. The van der Waals surface area contributed by atoms with E-state index in [0.717, 1.165) is 5.56 Å². The average Bonchev–Trinajstić information content (AvgIpc) is 2.17. The molecule has 0 fully saturated rings. The van der Waals surface area contributed by atoms with Crippen molar-refractivity contribution in [3.63, 3.8) is 0 Å². The Kier molecular flexibility index (Phi) is 2.26. The molecule has 0 saturated carbocycles. The van der Waals surface area contributed by atoms with Gasteiger partial charge in [0.15, 0.2) is 0 Å². The summed E-state index contributed by atoms with van der Waals surface area (Å²) in [6, 6.07) is 1.97. The van der Waals surface area contributed by atoms with Crippen LogP contribution in [-0.4, -0.2) is 5.11 Å². The van der Waals surface area contributed by atoms with E-state index in [0.29, 0.717) is 11.7 Å². The van der Waals surface area contributed by atoms with E-state index in [1.165, 1.54) is 36.0 Å². The van der Waals surface area contributed by atoms with Crippen LogP contribution in [0.25, 0.3) is 0 Å². The molecule has 1 aliphatic carbocycles. The highest BCUT2D eigenvalue weighted by molar-refractivity contribution is 5.49. The SMILES string of the molecule is Cc1c(O)cc2c(c1C)CCC[C@@H]2C. The zero-order valence-electron chi connectivity index (χ0n) is 9.22. The molecule has 0 bridgehead atoms. The van der Waals surface area contributed by atoms with Crippen molar-refractivity contribution in [1.29, 1.82) is 0 Å². The van der Waals surface area contributed by atoms with Crippen molar-refractivity contribution in [2.24, 2.45) is 0 Å². The van der Waals surface area contributed by atoms with Gasteiger partial charge in [-0.05, 0) is 67.3 Å². The molecular formula is C13H18O. The standard InChI is InChI=1S/C13H18O/c1-8-5-4-6-11-9(2)10(3)13(14)7-12(8)11/h7-8,14H,4-6H2,1-3H3/t8-/m0/s1. The maximum Gasteiger partial charge on any atom is 0.119 e. The average molecular weight is 190 g/mol. The first-order valence-corrected chi connectivity index (χ1v) is 5.43. The second kappa shape index (κ2) is 3.30. The summed E-state index contributed by atoms with van der Waals surface area (Å²) in [4.78, 5) is 0. The highest BCUT2D eigenvalue weighted by atomic mass is 16.3. The molecule has 0 spiro atoms. The lowest BCUT2D eigenvalue weighted by molar-refractivity contribution is 0.466. The van der Waals surface area contributed by atoms with Crippen LogP contribution in [0.4, 0.5) is 0 Å². The van der Waals surface area contributed by atoms with Gasteiger partial charge in [0.1, 0.15) is 5.75 Å². The largest absolute Gasteiger partial charge is 0.508 e. The molecule has 2 rings (SSSR count). The van der Waals surface area contributed by atoms with E-state index in [-0.39, 0.29) is 0 Å². The summed E-state index contributed by atoms with van der Waals surface area (Å²) in [5.41, 5.74) is 5.21. The zero-order chi connectivity index (χ0) is 10.3. The Morgan fingerprint density at radius 1 is 1.29 bits per heavy atom. The first-order valence-electron chi connectivity index (χ1n) is 5.43. The van der Waals surface area contributed by atoms with E-state index in [4.69, 9.17) is 0 Å². The van der Waals surface area contributed by atoms with Gasteiger partial charge in [0.2, 0.25) is 0 Å². The zero-order valence-corrected chi connectivity index (χ0v) is 9.22. The third-order valence-electron chi connectivity index (χ3n) is 3.63. The van der Waals surface area contributed by atoms with Crippen LogP contribution in [0.1, 0.15) is 47.9 Å². The molecule has 1 aromatic rings. The van der Waals surface area contributed by atoms with Crippen molar-refractivity contribution < 1.29 is 5.11 Å². The normalized spacial score (nSPS) is 20.6. The van der Waals surface area contributed by atoms with Crippen molar-refractivity contribution in [3.8, 4) is 5.75 Å². The summed E-state index contributed by atoms with van der Waals surface area (Å²) in [7, 11) is 0. The van der Waals surface area contributed by atoms with E-state index >= 15 is 0 Å². The molecule has 0 saturated heterocycles. The lowest BCUT2D eigenvalue weighted by Crippen LogP contribution is -2.09. The summed E-state index contributed by atoms with van der Waals surface area (Å²) < 4.78 is 0. The van der Waals surface area contributed by atoms with Crippen LogP contribution in [0.15, 0.2) is 6.07 Å². The maximum atomic E-state index is 9.77. The Balaban J connectivity index is 2.63. The molecule has 76 valence electrons. The minimum absolute atomic E-state index is 0.468. The molecule has 0 radical (unpaired) electrons. The van der Waals surface area contributed by atoms with Crippen LogP contribution < -0.4 is 0 Å². The Hall–Kier alpha value is -0.980. The predicted molar refractivity (Wildman–Crippen MR) is 58.9 cm³/mol. The van der Waals surface area contributed by atoms with Crippen molar-refractivity contribution in [2.75, 3.05) is 0 Å². The Morgan fingerprint density at radius 3 is 2.71 bits per heavy atom. The van der Waals surface area contributed by atoms with Gasteiger partial charge in [-0.2, -0.15) is 0 Å². The number of rotatable bonds is 0. The minimum atomic E-state index is 0.468. The molecule has 0 amide bonds. The molecule has 0 aromatic heterocycles. The first kappa shape index (κ1) is 9.57. The molecule has 14 heavy (non-hydrogen) atoms. The van der Waals surface area contributed by atoms with Crippen LogP contribution >= 0.6 is 0 Å². The van der Waals surface area contributed by atoms with E-state index in [1.807, 2.05) is 13.0 Å². The van der Waals surface area contributed by atoms with Crippen molar-refractivity contribution in [1.82, 2.24) is 0 Å². The second-order valence-electron chi connectivity index (χ2n) is 4.51. The minimum Gasteiger partial charge on any atom is -0.508 e. The third-order valence-corrected chi connectivity index (χ3v) is 3.63. The number of hydrogen-bond donors (Lipinski definition) is 1. The Bertz CT molecular complexity index is 366. The van der Waals surface area contributed by atoms with Crippen LogP contribution in [0, 0.1) is 13.8 Å². The van der Waals surface area contributed by atoms with Gasteiger partial charge >= 0.3 is 0 Å². The molecule has 1 aromatic carbocycles. The smallest absolute Gasteiger partial charge is 0.119 e. The molecule has 1 heteroatoms. The quantitative estimate of drug-likeness (QED) is 0.664. The van der Waals surface area contributed by atoms with E-state index in [9.17, 15) is 5.11 Å². The summed E-state index contributed by atoms with van der Waals surface area (Å²) in [6.07, 6.45) is 3.74. The fraction of sp³-hybridized carbons (Fsp3) is 0.538. The molecular weight excluding hydrogens is 172 g/mol. The third kappa shape index (κ3) is 1.31. The van der Waals surface area contributed by atoms with Crippen LogP contribution in [-0.2, 0) is 6.42 Å². The van der Waals surface area contributed by atoms with Gasteiger partial charge < -0.3 is 5.11 Å². The topological polar surface area (TPSA) is 20.2 Å². The van der Waals surface area contributed by atoms with E-state index in [2.05, 4.69) is 13.8 Å².